The number of nitriles is 1. The van der Waals surface area contributed by atoms with Gasteiger partial charge in [0.25, 0.3) is 0 Å². The van der Waals surface area contributed by atoms with Crippen molar-refractivity contribution in [2.75, 3.05) is 19.6 Å². The maximum absolute atomic E-state index is 13.1. The van der Waals surface area contributed by atoms with E-state index in [2.05, 4.69) is 6.07 Å². The number of rotatable bonds is 6. The number of primary sulfonamides is 1. The summed E-state index contributed by atoms with van der Waals surface area (Å²) in [6, 6.07) is 6.59. The molecule has 1 aromatic rings. The van der Waals surface area contributed by atoms with Gasteiger partial charge in [0.05, 0.1) is 29.1 Å². The third kappa shape index (κ3) is 3.99. The Kier molecular flexibility index (Phi) is 5.98. The Bertz CT molecular complexity index is 1070. The molecule has 1 aromatic carbocycles. The molecule has 2 amide bonds. The number of carbonyl (C=O) groups excluding carboxylic acids is 2. The van der Waals surface area contributed by atoms with Crippen LogP contribution in [0.5, 0.6) is 0 Å². The number of amides is 2. The highest BCUT2D eigenvalue weighted by Gasteiger charge is 2.51. The minimum Gasteiger partial charge on any atom is -0.330 e. The SMILES string of the molecule is C[C@@H](c1cccc(S(N)(=O)=O)c1)N1C(=O)[C@@H]2C[C@H]1CN2C[C@H](N)C(=O)N1CCC[C@H]1C#N. The molecule has 172 valence electrons. The molecule has 5 atom stereocenters. The minimum absolute atomic E-state index is 0.0161. The quantitative estimate of drug-likeness (QED) is 0.581. The molecule has 0 aromatic heterocycles. The molecule has 3 fully saturated rings. The molecule has 2 bridgehead atoms. The lowest BCUT2D eigenvalue weighted by molar-refractivity contribution is -0.141. The average Bonchev–Trinajstić information content (AvgIpc) is 3.46. The van der Waals surface area contributed by atoms with Crippen molar-refractivity contribution in [1.29, 1.82) is 5.26 Å². The van der Waals surface area contributed by atoms with Crippen LogP contribution in [0.3, 0.4) is 0 Å². The number of piperazine rings is 1. The van der Waals surface area contributed by atoms with Crippen molar-refractivity contribution in [3.8, 4) is 6.07 Å². The summed E-state index contributed by atoms with van der Waals surface area (Å²) in [5.74, 6) is -0.292. The van der Waals surface area contributed by atoms with E-state index in [1.807, 2.05) is 11.8 Å². The molecule has 11 heteroatoms. The van der Waals surface area contributed by atoms with Gasteiger partial charge in [0, 0.05) is 25.7 Å². The Morgan fingerprint density at radius 2 is 2.12 bits per heavy atom. The van der Waals surface area contributed by atoms with Crippen molar-refractivity contribution in [3.05, 3.63) is 29.8 Å². The molecular weight excluding hydrogens is 432 g/mol. The predicted octanol–water partition coefficient (Wildman–Crippen LogP) is -0.478. The van der Waals surface area contributed by atoms with Gasteiger partial charge in [-0.05, 0) is 43.9 Å². The fraction of sp³-hybridized carbons (Fsp3) is 0.571. The van der Waals surface area contributed by atoms with Crippen LogP contribution in [0.1, 0.15) is 37.8 Å². The van der Waals surface area contributed by atoms with Crippen LogP contribution >= 0.6 is 0 Å². The standard InChI is InChI=1S/C21H28N6O4S/c1-13(14-4-2-6-17(8-14)32(24,30)31)27-16-9-19(21(27)29)25(11-16)12-18(23)20(28)26-7-3-5-15(26)10-22/h2,4,6,8,13,15-16,18-19H,3,5,7,9,11-12,23H2,1H3,(H2,24,30,31)/t13-,15-,16-,18-,19-/m0/s1. The first-order chi connectivity index (χ1) is 15.1. The number of nitrogens with zero attached hydrogens (tertiary/aromatic N) is 4. The number of nitrogens with two attached hydrogens (primary N) is 2. The van der Waals surface area contributed by atoms with Gasteiger partial charge in [0.15, 0.2) is 0 Å². The number of sulfonamides is 1. The lowest BCUT2D eigenvalue weighted by Crippen LogP contribution is -2.56. The summed E-state index contributed by atoms with van der Waals surface area (Å²) in [5.41, 5.74) is 6.88. The molecule has 3 saturated heterocycles. The minimum atomic E-state index is -3.83. The number of carbonyl (C=O) groups is 2. The predicted molar refractivity (Wildman–Crippen MR) is 115 cm³/mol. The molecule has 32 heavy (non-hydrogen) atoms. The summed E-state index contributed by atoms with van der Waals surface area (Å²) in [4.78, 5) is 31.2. The highest BCUT2D eigenvalue weighted by atomic mass is 32.2. The van der Waals surface area contributed by atoms with Crippen LogP contribution in [0.4, 0.5) is 0 Å². The molecule has 0 saturated carbocycles. The smallest absolute Gasteiger partial charge is 0.241 e. The Labute approximate surface area is 187 Å². The maximum atomic E-state index is 13.1. The van der Waals surface area contributed by atoms with Crippen molar-refractivity contribution in [1.82, 2.24) is 14.7 Å². The Morgan fingerprint density at radius 1 is 1.38 bits per heavy atom. The zero-order valence-corrected chi connectivity index (χ0v) is 18.7. The third-order valence-electron chi connectivity index (χ3n) is 6.83. The van der Waals surface area contributed by atoms with Crippen molar-refractivity contribution >= 4 is 21.8 Å². The van der Waals surface area contributed by atoms with Gasteiger partial charge in [0.1, 0.15) is 6.04 Å². The zero-order chi connectivity index (χ0) is 23.2. The molecule has 0 aliphatic carbocycles. The molecule has 3 aliphatic heterocycles. The Balaban J connectivity index is 1.42. The van der Waals surface area contributed by atoms with E-state index in [0.29, 0.717) is 31.5 Å². The number of benzene rings is 1. The number of hydrogen-bond acceptors (Lipinski definition) is 7. The Hall–Kier alpha value is -2.52. The summed E-state index contributed by atoms with van der Waals surface area (Å²) in [6.07, 6.45) is 2.11. The molecule has 0 unspecified atom stereocenters. The highest BCUT2D eigenvalue weighted by Crippen LogP contribution is 2.38. The normalized spacial score (nSPS) is 27.6. The van der Waals surface area contributed by atoms with E-state index >= 15 is 0 Å². The molecular formula is C21H28N6O4S. The van der Waals surface area contributed by atoms with Crippen LogP contribution in [-0.4, -0.2) is 78.7 Å². The summed E-state index contributed by atoms with van der Waals surface area (Å²) in [7, 11) is -3.83. The second kappa shape index (κ2) is 8.44. The van der Waals surface area contributed by atoms with Crippen molar-refractivity contribution in [3.63, 3.8) is 0 Å². The van der Waals surface area contributed by atoms with E-state index < -0.39 is 22.1 Å². The molecule has 0 radical (unpaired) electrons. The van der Waals surface area contributed by atoms with Crippen LogP contribution in [-0.2, 0) is 19.6 Å². The monoisotopic (exact) mass is 460 g/mol. The van der Waals surface area contributed by atoms with Gasteiger partial charge in [-0.25, -0.2) is 13.6 Å². The number of likely N-dealkylation sites (tertiary alicyclic amines) is 3. The van der Waals surface area contributed by atoms with Gasteiger partial charge in [-0.3, -0.25) is 14.5 Å². The summed E-state index contributed by atoms with van der Waals surface area (Å²) < 4.78 is 23.4. The largest absolute Gasteiger partial charge is 0.330 e. The Morgan fingerprint density at radius 3 is 2.78 bits per heavy atom. The first-order valence-electron chi connectivity index (χ1n) is 10.8. The van der Waals surface area contributed by atoms with E-state index in [-0.39, 0.29) is 41.4 Å². The molecule has 0 spiro atoms. The van der Waals surface area contributed by atoms with E-state index in [1.54, 1.807) is 21.9 Å². The van der Waals surface area contributed by atoms with E-state index in [1.165, 1.54) is 12.1 Å². The van der Waals surface area contributed by atoms with Crippen molar-refractivity contribution in [2.24, 2.45) is 10.9 Å². The van der Waals surface area contributed by atoms with Crippen molar-refractivity contribution in [2.45, 2.75) is 61.3 Å². The zero-order valence-electron chi connectivity index (χ0n) is 17.9. The summed E-state index contributed by atoms with van der Waals surface area (Å²) in [5, 5.41) is 14.5. The van der Waals surface area contributed by atoms with Crippen LogP contribution in [0.15, 0.2) is 29.2 Å². The van der Waals surface area contributed by atoms with E-state index in [9.17, 15) is 23.3 Å². The lowest BCUT2D eigenvalue weighted by Gasteiger charge is -2.38. The highest BCUT2D eigenvalue weighted by molar-refractivity contribution is 7.89. The van der Waals surface area contributed by atoms with Gasteiger partial charge < -0.3 is 15.5 Å². The maximum Gasteiger partial charge on any atom is 0.241 e. The van der Waals surface area contributed by atoms with Crippen LogP contribution < -0.4 is 10.9 Å². The first kappa shape index (κ1) is 22.7. The molecule has 3 aliphatic rings. The van der Waals surface area contributed by atoms with Crippen LogP contribution in [0.25, 0.3) is 0 Å². The van der Waals surface area contributed by atoms with Crippen molar-refractivity contribution < 1.29 is 18.0 Å². The summed E-state index contributed by atoms with van der Waals surface area (Å²) in [6.45, 7) is 3.27. The lowest BCUT2D eigenvalue weighted by atomic mass is 10.1. The number of fused-ring (bicyclic) bond motifs is 2. The van der Waals surface area contributed by atoms with Gasteiger partial charge in [0.2, 0.25) is 21.8 Å². The van der Waals surface area contributed by atoms with E-state index in [0.717, 1.165) is 6.42 Å². The molecule has 4 N–H and O–H groups in total. The van der Waals surface area contributed by atoms with Gasteiger partial charge in [-0.15, -0.1) is 0 Å². The molecule has 3 heterocycles. The van der Waals surface area contributed by atoms with Gasteiger partial charge in [-0.2, -0.15) is 5.26 Å². The summed E-state index contributed by atoms with van der Waals surface area (Å²) >= 11 is 0. The molecule has 4 rings (SSSR count). The molecule has 10 nitrogen and oxygen atoms in total. The first-order valence-corrected chi connectivity index (χ1v) is 12.3. The van der Waals surface area contributed by atoms with Crippen LogP contribution in [0.2, 0.25) is 0 Å². The second-order valence-corrected chi connectivity index (χ2v) is 10.4. The average molecular weight is 461 g/mol. The van der Waals surface area contributed by atoms with E-state index in [4.69, 9.17) is 10.9 Å². The fourth-order valence-electron chi connectivity index (χ4n) is 5.22. The number of hydrogen-bond donors (Lipinski definition) is 2. The van der Waals surface area contributed by atoms with Gasteiger partial charge in [-0.1, -0.05) is 12.1 Å². The fourth-order valence-corrected chi connectivity index (χ4v) is 5.79. The van der Waals surface area contributed by atoms with Crippen LogP contribution in [0, 0.1) is 11.3 Å². The third-order valence-corrected chi connectivity index (χ3v) is 7.74. The van der Waals surface area contributed by atoms with Gasteiger partial charge >= 0.3 is 0 Å². The second-order valence-electron chi connectivity index (χ2n) is 8.82. The topological polar surface area (TPSA) is 154 Å².